The van der Waals surface area contributed by atoms with Crippen molar-refractivity contribution in [2.24, 2.45) is 0 Å². The molecule has 1 aliphatic heterocycles. The van der Waals surface area contributed by atoms with Gasteiger partial charge in [0, 0.05) is 12.6 Å². The zero-order chi connectivity index (χ0) is 20.9. The van der Waals surface area contributed by atoms with Gasteiger partial charge >= 0.3 is 13.2 Å². The minimum Gasteiger partial charge on any atom is -0.444 e. The molecule has 0 bridgehead atoms. The molecule has 5 nitrogen and oxygen atoms in total. The van der Waals surface area contributed by atoms with Crippen LogP contribution in [0.15, 0.2) is 18.2 Å². The molecule has 1 aromatic carbocycles. The molecule has 154 valence electrons. The lowest BCUT2D eigenvalue weighted by atomic mass is 9.77. The van der Waals surface area contributed by atoms with E-state index < -0.39 is 12.7 Å². The standard InChI is InChI=1S/C22H34BNO4/c1-15-9-10-17(23-27-21(5,6)22(7,8)28-23)13-16(15)14-24(18-11-12-18)19(25)26-20(2,3)4/h9-10,13,18H,11-12,14H2,1-8H3. The van der Waals surface area contributed by atoms with Gasteiger partial charge in [-0.3, -0.25) is 0 Å². The molecule has 0 unspecified atom stereocenters. The Balaban J connectivity index is 1.81. The number of hydrogen-bond donors (Lipinski definition) is 0. The highest BCUT2D eigenvalue weighted by Crippen LogP contribution is 2.36. The van der Waals surface area contributed by atoms with E-state index in [1.165, 1.54) is 0 Å². The number of carbonyl (C=O) groups is 1. The first-order chi connectivity index (χ1) is 12.8. The van der Waals surface area contributed by atoms with Gasteiger partial charge in [0.2, 0.25) is 0 Å². The van der Waals surface area contributed by atoms with Crippen LogP contribution in [0.1, 0.15) is 72.4 Å². The minimum atomic E-state index is -0.496. The van der Waals surface area contributed by atoms with Gasteiger partial charge in [-0.25, -0.2) is 4.79 Å². The van der Waals surface area contributed by atoms with Crippen molar-refractivity contribution in [1.29, 1.82) is 0 Å². The monoisotopic (exact) mass is 387 g/mol. The maximum Gasteiger partial charge on any atom is 0.494 e. The van der Waals surface area contributed by atoms with Crippen molar-refractivity contribution >= 4 is 18.7 Å². The summed E-state index contributed by atoms with van der Waals surface area (Å²) >= 11 is 0. The van der Waals surface area contributed by atoms with Gasteiger partial charge in [-0.2, -0.15) is 0 Å². The Hall–Kier alpha value is -1.53. The molecule has 0 spiro atoms. The van der Waals surface area contributed by atoms with Crippen LogP contribution in [-0.4, -0.2) is 41.0 Å². The summed E-state index contributed by atoms with van der Waals surface area (Å²) in [5.41, 5.74) is 1.99. The second-order valence-corrected chi connectivity index (χ2v) is 10.1. The third-order valence-electron chi connectivity index (χ3n) is 5.85. The fraction of sp³-hybridized carbons (Fsp3) is 0.682. The van der Waals surface area contributed by atoms with Gasteiger partial charge < -0.3 is 18.9 Å². The summed E-state index contributed by atoms with van der Waals surface area (Å²) in [7, 11) is -0.403. The quantitative estimate of drug-likeness (QED) is 0.727. The van der Waals surface area contributed by atoms with E-state index in [2.05, 4.69) is 52.8 Å². The van der Waals surface area contributed by atoms with Crippen LogP contribution in [-0.2, 0) is 20.6 Å². The molecule has 0 atom stereocenters. The molecule has 28 heavy (non-hydrogen) atoms. The van der Waals surface area contributed by atoms with Gasteiger partial charge in [-0.15, -0.1) is 0 Å². The number of benzene rings is 1. The Labute approximate surface area is 169 Å². The first-order valence-electron chi connectivity index (χ1n) is 10.2. The molecule has 6 heteroatoms. The van der Waals surface area contributed by atoms with Gasteiger partial charge in [-0.05, 0) is 84.8 Å². The molecule has 1 amide bonds. The Morgan fingerprint density at radius 2 is 1.75 bits per heavy atom. The summed E-state index contributed by atoms with van der Waals surface area (Å²) in [5.74, 6) is 0. The zero-order valence-electron chi connectivity index (χ0n) is 18.6. The summed E-state index contributed by atoms with van der Waals surface area (Å²) < 4.78 is 18.0. The number of rotatable bonds is 4. The van der Waals surface area contributed by atoms with E-state index in [1.54, 1.807) is 0 Å². The minimum absolute atomic E-state index is 0.240. The van der Waals surface area contributed by atoms with Crippen LogP contribution in [0.4, 0.5) is 4.79 Å². The maximum absolute atomic E-state index is 12.7. The Bertz CT molecular complexity index is 733. The van der Waals surface area contributed by atoms with Crippen LogP contribution in [0.2, 0.25) is 0 Å². The van der Waals surface area contributed by atoms with Gasteiger partial charge in [0.25, 0.3) is 0 Å². The Morgan fingerprint density at radius 1 is 1.18 bits per heavy atom. The summed E-state index contributed by atoms with van der Waals surface area (Å²) in [4.78, 5) is 14.6. The van der Waals surface area contributed by atoms with Crippen molar-refractivity contribution < 1.29 is 18.8 Å². The summed E-state index contributed by atoms with van der Waals surface area (Å²) in [6.45, 7) is 16.5. The molecule has 1 aromatic rings. The molecule has 1 saturated carbocycles. The lowest BCUT2D eigenvalue weighted by Gasteiger charge is -2.32. The van der Waals surface area contributed by atoms with Crippen LogP contribution in [0.25, 0.3) is 0 Å². The maximum atomic E-state index is 12.7. The van der Waals surface area contributed by atoms with Gasteiger partial charge in [-0.1, -0.05) is 18.2 Å². The van der Waals surface area contributed by atoms with Crippen molar-refractivity contribution in [2.75, 3.05) is 0 Å². The normalized spacial score (nSPS) is 20.9. The zero-order valence-corrected chi connectivity index (χ0v) is 18.6. The van der Waals surface area contributed by atoms with E-state index in [9.17, 15) is 4.79 Å². The fourth-order valence-electron chi connectivity index (χ4n) is 3.22. The van der Waals surface area contributed by atoms with Crippen molar-refractivity contribution in [3.63, 3.8) is 0 Å². The Kier molecular flexibility index (Phi) is 5.35. The summed E-state index contributed by atoms with van der Waals surface area (Å²) in [5, 5.41) is 0. The van der Waals surface area contributed by atoms with Crippen molar-refractivity contribution in [2.45, 2.75) is 97.6 Å². The molecule has 1 heterocycles. The molecule has 2 fully saturated rings. The number of ether oxygens (including phenoxy) is 1. The number of amides is 1. The van der Waals surface area contributed by atoms with Crippen LogP contribution >= 0.6 is 0 Å². The van der Waals surface area contributed by atoms with E-state index >= 15 is 0 Å². The fourth-order valence-corrected chi connectivity index (χ4v) is 3.22. The molecule has 0 aromatic heterocycles. The largest absolute Gasteiger partial charge is 0.494 e. The average Bonchev–Trinajstić information content (AvgIpc) is 3.32. The third kappa shape index (κ3) is 4.55. The number of nitrogens with zero attached hydrogens (tertiary/aromatic N) is 1. The molecule has 1 saturated heterocycles. The van der Waals surface area contributed by atoms with Crippen LogP contribution in [0, 0.1) is 6.92 Å². The van der Waals surface area contributed by atoms with Crippen molar-refractivity contribution in [3.05, 3.63) is 29.3 Å². The van der Waals surface area contributed by atoms with Crippen molar-refractivity contribution in [3.8, 4) is 0 Å². The van der Waals surface area contributed by atoms with E-state index in [4.69, 9.17) is 14.0 Å². The molecule has 3 rings (SSSR count). The first-order valence-corrected chi connectivity index (χ1v) is 10.2. The highest BCUT2D eigenvalue weighted by atomic mass is 16.7. The number of aryl methyl sites for hydroxylation is 1. The highest BCUT2D eigenvalue weighted by molar-refractivity contribution is 6.62. The number of hydrogen-bond acceptors (Lipinski definition) is 4. The third-order valence-corrected chi connectivity index (χ3v) is 5.85. The van der Waals surface area contributed by atoms with Crippen LogP contribution < -0.4 is 5.46 Å². The smallest absolute Gasteiger partial charge is 0.444 e. The van der Waals surface area contributed by atoms with E-state index in [1.807, 2.05) is 25.7 Å². The second-order valence-electron chi connectivity index (χ2n) is 10.1. The van der Waals surface area contributed by atoms with E-state index in [0.29, 0.717) is 6.54 Å². The SMILES string of the molecule is Cc1ccc(B2OC(C)(C)C(C)(C)O2)cc1CN(C(=O)OC(C)(C)C)C1CC1. The molecule has 2 aliphatic rings. The lowest BCUT2D eigenvalue weighted by Crippen LogP contribution is -2.41. The average molecular weight is 387 g/mol. The predicted molar refractivity (Wildman–Crippen MR) is 112 cm³/mol. The molecule has 1 aliphatic carbocycles. The summed E-state index contributed by atoms with van der Waals surface area (Å²) in [6.07, 6.45) is 1.83. The van der Waals surface area contributed by atoms with E-state index in [-0.39, 0.29) is 23.3 Å². The van der Waals surface area contributed by atoms with Gasteiger partial charge in [0.15, 0.2) is 0 Å². The molecule has 0 N–H and O–H groups in total. The Morgan fingerprint density at radius 3 is 2.25 bits per heavy atom. The van der Waals surface area contributed by atoms with Crippen LogP contribution in [0.5, 0.6) is 0 Å². The van der Waals surface area contributed by atoms with Crippen molar-refractivity contribution in [1.82, 2.24) is 4.90 Å². The lowest BCUT2D eigenvalue weighted by molar-refractivity contribution is 0.00578. The second kappa shape index (κ2) is 7.07. The first kappa shape index (κ1) is 21.2. The number of carbonyl (C=O) groups excluding carboxylic acids is 1. The highest BCUT2D eigenvalue weighted by Gasteiger charge is 2.51. The van der Waals surface area contributed by atoms with Crippen LogP contribution in [0.3, 0.4) is 0 Å². The van der Waals surface area contributed by atoms with Gasteiger partial charge in [0.05, 0.1) is 11.2 Å². The van der Waals surface area contributed by atoms with Gasteiger partial charge in [0.1, 0.15) is 5.60 Å². The molecular formula is C22H34BNO4. The predicted octanol–water partition coefficient (Wildman–Crippen LogP) is 4.19. The molecule has 0 radical (unpaired) electrons. The topological polar surface area (TPSA) is 48.0 Å². The summed E-state index contributed by atoms with van der Waals surface area (Å²) in [6, 6.07) is 6.51. The van der Waals surface area contributed by atoms with E-state index in [0.717, 1.165) is 29.4 Å². The molecular weight excluding hydrogens is 353 g/mol.